The van der Waals surface area contributed by atoms with Crippen molar-refractivity contribution in [2.45, 2.75) is 37.6 Å². The van der Waals surface area contributed by atoms with E-state index in [4.69, 9.17) is 0 Å². The van der Waals surface area contributed by atoms with Crippen molar-refractivity contribution in [3.8, 4) is 0 Å². The number of sulfonamides is 1. The molecule has 1 aromatic carbocycles. The maximum Gasteiger partial charge on any atom is 0.240 e. The third-order valence-corrected chi connectivity index (χ3v) is 6.14. The fraction of sp³-hybridized carbons (Fsp3) is 0.571. The van der Waals surface area contributed by atoms with Crippen molar-refractivity contribution in [2.24, 2.45) is 0 Å². The van der Waals surface area contributed by atoms with Crippen LogP contribution in [0.2, 0.25) is 0 Å². The molecule has 1 aromatic rings. The summed E-state index contributed by atoms with van der Waals surface area (Å²) in [7, 11) is -3.43. The SMILES string of the molecule is CCN1CCC[C@@H]1CNS(=O)(=O)c1ccc(C)c(Br)c1. The summed E-state index contributed by atoms with van der Waals surface area (Å²) >= 11 is 3.38. The number of aryl methyl sites for hydroxylation is 1. The second-order valence-corrected chi connectivity index (χ2v) is 7.81. The van der Waals surface area contributed by atoms with Crippen LogP contribution in [-0.2, 0) is 10.0 Å². The molecule has 1 aliphatic rings. The average Bonchev–Trinajstić information content (AvgIpc) is 2.87. The summed E-state index contributed by atoms with van der Waals surface area (Å²) in [6, 6.07) is 5.44. The van der Waals surface area contributed by atoms with Crippen molar-refractivity contribution in [3.63, 3.8) is 0 Å². The fourth-order valence-electron chi connectivity index (χ4n) is 2.57. The van der Waals surface area contributed by atoms with E-state index in [1.165, 1.54) is 0 Å². The summed E-state index contributed by atoms with van der Waals surface area (Å²) in [5.74, 6) is 0. The zero-order chi connectivity index (χ0) is 14.8. The molecule has 1 fully saturated rings. The predicted octanol–water partition coefficient (Wildman–Crippen LogP) is 2.52. The molecule has 0 spiro atoms. The van der Waals surface area contributed by atoms with E-state index in [-0.39, 0.29) is 0 Å². The van der Waals surface area contributed by atoms with Crippen LogP contribution in [-0.4, -0.2) is 39.0 Å². The number of hydrogen-bond donors (Lipinski definition) is 1. The van der Waals surface area contributed by atoms with Crippen molar-refractivity contribution in [1.82, 2.24) is 9.62 Å². The molecule has 1 atom stereocenters. The van der Waals surface area contributed by atoms with Crippen LogP contribution in [0.15, 0.2) is 27.6 Å². The zero-order valence-corrected chi connectivity index (χ0v) is 14.3. The van der Waals surface area contributed by atoms with Crippen LogP contribution in [0.5, 0.6) is 0 Å². The summed E-state index contributed by atoms with van der Waals surface area (Å²) in [5.41, 5.74) is 1.02. The number of likely N-dealkylation sites (tertiary alicyclic amines) is 1. The highest BCUT2D eigenvalue weighted by atomic mass is 79.9. The molecule has 1 aliphatic heterocycles. The molecule has 1 heterocycles. The van der Waals surface area contributed by atoms with E-state index in [0.717, 1.165) is 36.0 Å². The van der Waals surface area contributed by atoms with Crippen LogP contribution in [0, 0.1) is 6.92 Å². The Hall–Kier alpha value is -0.430. The molecule has 20 heavy (non-hydrogen) atoms. The first-order valence-electron chi connectivity index (χ1n) is 6.94. The lowest BCUT2D eigenvalue weighted by molar-refractivity contribution is 0.268. The number of halogens is 1. The van der Waals surface area contributed by atoms with Gasteiger partial charge in [-0.25, -0.2) is 13.1 Å². The van der Waals surface area contributed by atoms with Crippen LogP contribution in [0.3, 0.4) is 0 Å². The summed E-state index contributed by atoms with van der Waals surface area (Å²) in [4.78, 5) is 2.64. The third-order valence-electron chi connectivity index (χ3n) is 3.87. The van der Waals surface area contributed by atoms with Gasteiger partial charge < -0.3 is 0 Å². The summed E-state index contributed by atoms with van der Waals surface area (Å²) in [5, 5.41) is 0. The Bertz CT molecular complexity index is 575. The minimum atomic E-state index is -3.43. The predicted molar refractivity (Wildman–Crippen MR) is 84.3 cm³/mol. The minimum absolute atomic E-state index is 0.316. The van der Waals surface area contributed by atoms with Gasteiger partial charge in [0.1, 0.15) is 0 Å². The molecule has 0 aromatic heterocycles. The Morgan fingerprint density at radius 2 is 2.20 bits per heavy atom. The van der Waals surface area contributed by atoms with Gasteiger partial charge in [0, 0.05) is 17.1 Å². The third kappa shape index (κ3) is 3.61. The molecule has 1 saturated heterocycles. The molecule has 0 unspecified atom stereocenters. The maximum absolute atomic E-state index is 12.3. The van der Waals surface area contributed by atoms with Gasteiger partial charge in [-0.2, -0.15) is 0 Å². The monoisotopic (exact) mass is 360 g/mol. The largest absolute Gasteiger partial charge is 0.299 e. The van der Waals surface area contributed by atoms with Crippen molar-refractivity contribution in [3.05, 3.63) is 28.2 Å². The Kier molecular flexibility index (Phi) is 5.23. The first-order chi connectivity index (χ1) is 9.44. The number of benzene rings is 1. The molecule has 0 radical (unpaired) electrons. The van der Waals surface area contributed by atoms with Crippen LogP contribution >= 0.6 is 15.9 Å². The molecule has 0 aliphatic carbocycles. The van der Waals surface area contributed by atoms with Gasteiger partial charge in [-0.15, -0.1) is 0 Å². The van der Waals surface area contributed by atoms with Gasteiger partial charge in [-0.3, -0.25) is 4.90 Å². The van der Waals surface area contributed by atoms with E-state index in [2.05, 4.69) is 32.5 Å². The van der Waals surface area contributed by atoms with Gasteiger partial charge in [0.25, 0.3) is 0 Å². The van der Waals surface area contributed by atoms with Crippen molar-refractivity contribution >= 4 is 26.0 Å². The van der Waals surface area contributed by atoms with Crippen molar-refractivity contribution in [1.29, 1.82) is 0 Å². The van der Waals surface area contributed by atoms with Crippen molar-refractivity contribution in [2.75, 3.05) is 19.6 Å². The zero-order valence-electron chi connectivity index (χ0n) is 11.9. The highest BCUT2D eigenvalue weighted by molar-refractivity contribution is 9.10. The Labute approximate surface area is 129 Å². The highest BCUT2D eigenvalue weighted by Gasteiger charge is 2.25. The van der Waals surface area contributed by atoms with E-state index in [1.807, 2.05) is 13.0 Å². The van der Waals surface area contributed by atoms with Gasteiger partial charge >= 0.3 is 0 Å². The molecule has 1 N–H and O–H groups in total. The van der Waals surface area contributed by atoms with E-state index in [1.54, 1.807) is 12.1 Å². The minimum Gasteiger partial charge on any atom is -0.299 e. The van der Waals surface area contributed by atoms with Crippen LogP contribution in [0.4, 0.5) is 0 Å². The first-order valence-corrected chi connectivity index (χ1v) is 9.21. The normalized spacial score (nSPS) is 20.4. The Morgan fingerprint density at radius 1 is 1.45 bits per heavy atom. The Balaban J connectivity index is 2.05. The van der Waals surface area contributed by atoms with E-state index in [0.29, 0.717) is 17.5 Å². The fourth-order valence-corrected chi connectivity index (χ4v) is 4.20. The van der Waals surface area contributed by atoms with Crippen LogP contribution < -0.4 is 4.72 Å². The van der Waals surface area contributed by atoms with Gasteiger partial charge in [0.15, 0.2) is 0 Å². The standard InChI is InChI=1S/C14H21BrN2O2S/c1-3-17-8-4-5-12(17)10-16-20(18,19)13-7-6-11(2)14(15)9-13/h6-7,9,12,16H,3-5,8,10H2,1-2H3/t12-/m1/s1. The smallest absolute Gasteiger partial charge is 0.240 e. The molecule has 0 amide bonds. The van der Waals surface area contributed by atoms with E-state index in [9.17, 15) is 8.42 Å². The second-order valence-electron chi connectivity index (χ2n) is 5.19. The second kappa shape index (κ2) is 6.56. The molecule has 0 bridgehead atoms. The molecular formula is C14H21BrN2O2S. The lowest BCUT2D eigenvalue weighted by Crippen LogP contribution is -2.39. The lowest BCUT2D eigenvalue weighted by atomic mass is 10.2. The van der Waals surface area contributed by atoms with Gasteiger partial charge in [0.05, 0.1) is 4.90 Å². The molecule has 6 heteroatoms. The number of hydrogen-bond acceptors (Lipinski definition) is 3. The maximum atomic E-state index is 12.3. The van der Waals surface area contributed by atoms with Gasteiger partial charge in [-0.1, -0.05) is 28.9 Å². The molecule has 112 valence electrons. The molecule has 2 rings (SSSR count). The van der Waals surface area contributed by atoms with Crippen LogP contribution in [0.1, 0.15) is 25.3 Å². The highest BCUT2D eigenvalue weighted by Crippen LogP contribution is 2.21. The topological polar surface area (TPSA) is 49.4 Å². The summed E-state index contributed by atoms with van der Waals surface area (Å²) < 4.78 is 28.1. The quantitative estimate of drug-likeness (QED) is 0.877. The number of nitrogens with one attached hydrogen (secondary N) is 1. The summed E-state index contributed by atoms with van der Waals surface area (Å²) in [6.07, 6.45) is 2.21. The lowest BCUT2D eigenvalue weighted by Gasteiger charge is -2.22. The summed E-state index contributed by atoms with van der Waals surface area (Å²) in [6.45, 7) is 6.58. The molecule has 0 saturated carbocycles. The number of nitrogens with zero attached hydrogens (tertiary/aromatic N) is 1. The van der Waals surface area contributed by atoms with E-state index >= 15 is 0 Å². The number of rotatable bonds is 5. The van der Waals surface area contributed by atoms with Crippen LogP contribution in [0.25, 0.3) is 0 Å². The first kappa shape index (κ1) is 15.9. The van der Waals surface area contributed by atoms with Gasteiger partial charge in [-0.05, 0) is 50.6 Å². The average molecular weight is 361 g/mol. The molecular weight excluding hydrogens is 340 g/mol. The van der Waals surface area contributed by atoms with E-state index < -0.39 is 10.0 Å². The molecule has 4 nitrogen and oxygen atoms in total. The van der Waals surface area contributed by atoms with Gasteiger partial charge in [0.2, 0.25) is 10.0 Å². The Morgan fingerprint density at radius 3 is 2.85 bits per heavy atom. The number of likely N-dealkylation sites (N-methyl/N-ethyl adjacent to an activating group) is 1. The van der Waals surface area contributed by atoms with Crippen molar-refractivity contribution < 1.29 is 8.42 Å².